The second-order valence-corrected chi connectivity index (χ2v) is 13.5. The standard InChI is InChI=1S/C15H20FNO6S3/c1-10-6-11(16)2-3-14(10)26(22,23)15-9-25(20,21)8-13(15)17-12-4-5-24(18,19)7-12/h2-3,6,12-13,15,17H,4-5,7-9H2,1H3/t12?,13-,15-/m0/s1. The molecule has 1 aromatic rings. The molecule has 3 atom stereocenters. The van der Waals surface area contributed by atoms with Crippen molar-refractivity contribution in [2.24, 2.45) is 0 Å². The molecule has 1 N–H and O–H groups in total. The summed E-state index contributed by atoms with van der Waals surface area (Å²) in [5.74, 6) is -1.62. The maximum absolute atomic E-state index is 13.3. The van der Waals surface area contributed by atoms with E-state index in [-0.39, 0.29) is 27.7 Å². The van der Waals surface area contributed by atoms with Crippen LogP contribution in [-0.4, -0.2) is 65.6 Å². The molecule has 2 heterocycles. The number of rotatable bonds is 4. The van der Waals surface area contributed by atoms with E-state index in [2.05, 4.69) is 5.32 Å². The van der Waals surface area contributed by atoms with Crippen LogP contribution in [0.5, 0.6) is 0 Å². The maximum Gasteiger partial charge on any atom is 0.184 e. The van der Waals surface area contributed by atoms with Crippen LogP contribution in [0.15, 0.2) is 23.1 Å². The van der Waals surface area contributed by atoms with Crippen LogP contribution in [0.2, 0.25) is 0 Å². The van der Waals surface area contributed by atoms with Crippen molar-refractivity contribution in [1.82, 2.24) is 5.32 Å². The van der Waals surface area contributed by atoms with Gasteiger partial charge in [0.2, 0.25) is 0 Å². The first-order valence-corrected chi connectivity index (χ1v) is 13.3. The number of halogens is 1. The molecule has 0 saturated carbocycles. The average molecular weight is 426 g/mol. The van der Waals surface area contributed by atoms with E-state index in [0.29, 0.717) is 6.42 Å². The Bertz CT molecular complexity index is 1030. The minimum absolute atomic E-state index is 0.00137. The molecule has 1 aromatic carbocycles. The van der Waals surface area contributed by atoms with Crippen LogP contribution in [0, 0.1) is 12.7 Å². The molecule has 2 saturated heterocycles. The summed E-state index contributed by atoms with van der Waals surface area (Å²) >= 11 is 0. The zero-order valence-electron chi connectivity index (χ0n) is 14.1. The molecule has 0 aliphatic carbocycles. The highest BCUT2D eigenvalue weighted by Crippen LogP contribution is 2.29. The number of nitrogens with one attached hydrogen (secondary N) is 1. The normalized spacial score (nSPS) is 30.5. The molecular weight excluding hydrogens is 405 g/mol. The summed E-state index contributed by atoms with van der Waals surface area (Å²) in [5, 5.41) is 1.70. The maximum atomic E-state index is 13.3. The first-order valence-electron chi connectivity index (χ1n) is 8.07. The molecule has 0 aromatic heterocycles. The third-order valence-corrected chi connectivity index (χ3v) is 10.9. The van der Waals surface area contributed by atoms with Crippen molar-refractivity contribution in [1.29, 1.82) is 0 Å². The zero-order chi connectivity index (χ0) is 19.3. The van der Waals surface area contributed by atoms with Crippen molar-refractivity contribution < 1.29 is 29.6 Å². The largest absolute Gasteiger partial charge is 0.308 e. The van der Waals surface area contributed by atoms with Gasteiger partial charge in [-0.2, -0.15) is 0 Å². The third kappa shape index (κ3) is 3.95. The SMILES string of the molecule is Cc1cc(F)ccc1S(=O)(=O)[C@H]1CS(=O)(=O)C[C@@H]1NC1CCS(=O)(=O)C1. The van der Waals surface area contributed by atoms with Crippen LogP contribution in [0.3, 0.4) is 0 Å². The fourth-order valence-corrected chi connectivity index (χ4v) is 10.2. The van der Waals surface area contributed by atoms with Gasteiger partial charge in [0.1, 0.15) is 5.82 Å². The summed E-state index contributed by atoms with van der Waals surface area (Å²) in [5.41, 5.74) is 0.205. The van der Waals surface area contributed by atoms with E-state index in [4.69, 9.17) is 0 Å². The molecule has 0 radical (unpaired) electrons. The topological polar surface area (TPSA) is 114 Å². The van der Waals surface area contributed by atoms with Gasteiger partial charge >= 0.3 is 0 Å². The van der Waals surface area contributed by atoms with Gasteiger partial charge in [0, 0.05) is 12.1 Å². The molecule has 3 rings (SSSR count). The fraction of sp³-hybridized carbons (Fsp3) is 0.600. The quantitative estimate of drug-likeness (QED) is 0.667. The highest BCUT2D eigenvalue weighted by Gasteiger charge is 2.47. The van der Waals surface area contributed by atoms with Crippen molar-refractivity contribution in [3.8, 4) is 0 Å². The van der Waals surface area contributed by atoms with Crippen molar-refractivity contribution in [2.45, 2.75) is 35.6 Å². The van der Waals surface area contributed by atoms with E-state index in [1.54, 1.807) is 0 Å². The van der Waals surface area contributed by atoms with E-state index < -0.39 is 58.4 Å². The predicted molar refractivity (Wildman–Crippen MR) is 94.7 cm³/mol. The summed E-state index contributed by atoms with van der Waals surface area (Å²) in [6.45, 7) is 1.45. The smallest absolute Gasteiger partial charge is 0.184 e. The van der Waals surface area contributed by atoms with Gasteiger partial charge in [0.05, 0.1) is 33.2 Å². The molecule has 11 heteroatoms. The fourth-order valence-electron chi connectivity index (χ4n) is 3.60. The van der Waals surface area contributed by atoms with E-state index in [1.165, 1.54) is 6.92 Å². The van der Waals surface area contributed by atoms with Crippen molar-refractivity contribution in [2.75, 3.05) is 23.0 Å². The molecular formula is C15H20FNO6S3. The lowest BCUT2D eigenvalue weighted by atomic mass is 10.2. The number of benzene rings is 1. The van der Waals surface area contributed by atoms with Gasteiger partial charge in [-0.1, -0.05) is 0 Å². The van der Waals surface area contributed by atoms with Crippen LogP contribution in [0.4, 0.5) is 4.39 Å². The summed E-state index contributed by atoms with van der Waals surface area (Å²) < 4.78 is 86.7. The van der Waals surface area contributed by atoms with E-state index >= 15 is 0 Å². The second kappa shape index (κ2) is 6.54. The lowest BCUT2D eigenvalue weighted by Gasteiger charge is -2.23. The van der Waals surface area contributed by atoms with Crippen LogP contribution in [0.25, 0.3) is 0 Å². The number of sulfone groups is 3. The van der Waals surface area contributed by atoms with Gasteiger partial charge in [-0.05, 0) is 37.1 Å². The van der Waals surface area contributed by atoms with Crippen LogP contribution < -0.4 is 5.32 Å². The minimum atomic E-state index is -4.03. The molecule has 2 aliphatic rings. The second-order valence-electron chi connectivity index (χ2n) is 6.94. The molecule has 0 amide bonds. The summed E-state index contributed by atoms with van der Waals surface area (Å²) in [4.78, 5) is -0.105. The Morgan fingerprint density at radius 1 is 1.08 bits per heavy atom. The van der Waals surface area contributed by atoms with Crippen molar-refractivity contribution >= 4 is 29.5 Å². The Kier molecular flexibility index (Phi) is 4.96. The van der Waals surface area contributed by atoms with Crippen LogP contribution in [-0.2, 0) is 29.5 Å². The molecule has 26 heavy (non-hydrogen) atoms. The highest BCUT2D eigenvalue weighted by molar-refractivity contribution is 7.96. The molecule has 7 nitrogen and oxygen atoms in total. The molecule has 2 aliphatic heterocycles. The molecule has 1 unspecified atom stereocenters. The zero-order valence-corrected chi connectivity index (χ0v) is 16.5. The van der Waals surface area contributed by atoms with Crippen molar-refractivity contribution in [3.05, 3.63) is 29.6 Å². The van der Waals surface area contributed by atoms with Crippen molar-refractivity contribution in [3.63, 3.8) is 0 Å². The first-order chi connectivity index (χ1) is 11.9. The Hall–Kier alpha value is -1.04. The van der Waals surface area contributed by atoms with E-state index in [0.717, 1.165) is 18.2 Å². The Morgan fingerprint density at radius 3 is 2.35 bits per heavy atom. The molecule has 0 spiro atoms. The lowest BCUT2D eigenvalue weighted by molar-refractivity contribution is 0.468. The lowest BCUT2D eigenvalue weighted by Crippen LogP contribution is -2.48. The molecule has 2 fully saturated rings. The Morgan fingerprint density at radius 2 is 1.77 bits per heavy atom. The number of hydrogen-bond donors (Lipinski definition) is 1. The van der Waals surface area contributed by atoms with Gasteiger partial charge in [0.15, 0.2) is 29.5 Å². The van der Waals surface area contributed by atoms with Crippen LogP contribution >= 0.6 is 0 Å². The van der Waals surface area contributed by atoms with Crippen LogP contribution in [0.1, 0.15) is 12.0 Å². The monoisotopic (exact) mass is 425 g/mol. The Balaban J connectivity index is 1.92. The molecule has 0 bridgehead atoms. The van der Waals surface area contributed by atoms with Gasteiger partial charge in [-0.15, -0.1) is 0 Å². The average Bonchev–Trinajstić information content (AvgIpc) is 2.97. The highest BCUT2D eigenvalue weighted by atomic mass is 32.2. The predicted octanol–water partition coefficient (Wildman–Crippen LogP) is -0.150. The van der Waals surface area contributed by atoms with Gasteiger partial charge in [-0.3, -0.25) is 0 Å². The van der Waals surface area contributed by atoms with E-state index in [1.807, 2.05) is 0 Å². The number of hydrogen-bond acceptors (Lipinski definition) is 7. The first kappa shape index (κ1) is 19.7. The summed E-state index contributed by atoms with van der Waals surface area (Å²) in [7, 11) is -10.8. The summed E-state index contributed by atoms with van der Waals surface area (Å²) in [6.07, 6.45) is 0.321. The molecule has 146 valence electrons. The van der Waals surface area contributed by atoms with E-state index in [9.17, 15) is 29.6 Å². The minimum Gasteiger partial charge on any atom is -0.308 e. The van der Waals surface area contributed by atoms with Gasteiger partial charge in [0.25, 0.3) is 0 Å². The summed E-state index contributed by atoms with van der Waals surface area (Å²) in [6, 6.07) is 1.89. The third-order valence-electron chi connectivity index (χ3n) is 4.82. The van der Waals surface area contributed by atoms with Gasteiger partial charge < -0.3 is 5.32 Å². The number of aryl methyl sites for hydroxylation is 1. The van der Waals surface area contributed by atoms with Gasteiger partial charge in [-0.25, -0.2) is 29.6 Å². The Labute approximate surface area is 152 Å².